The monoisotopic (exact) mass is 443 g/mol. The van der Waals surface area contributed by atoms with Crippen molar-refractivity contribution in [2.45, 2.75) is 6.04 Å². The number of carbonyl (C=O) groups is 2. The normalized spacial score (nSPS) is 15.4. The van der Waals surface area contributed by atoms with Crippen LogP contribution in [0.5, 0.6) is 17.2 Å². The highest BCUT2D eigenvalue weighted by Gasteiger charge is 2.37. The number of nitro groups is 1. The molecule has 1 aliphatic rings. The Labute approximate surface area is 183 Å². The Kier molecular flexibility index (Phi) is 6.47. The summed E-state index contributed by atoms with van der Waals surface area (Å²) in [4.78, 5) is 36.3. The van der Waals surface area contributed by atoms with Crippen LogP contribution in [0.15, 0.2) is 42.0 Å². The Morgan fingerprint density at radius 3 is 2.19 bits per heavy atom. The highest BCUT2D eigenvalue weighted by molar-refractivity contribution is 6.04. The maximum Gasteiger partial charge on any atom is 0.338 e. The van der Waals surface area contributed by atoms with E-state index in [1.807, 2.05) is 0 Å². The van der Waals surface area contributed by atoms with Crippen LogP contribution in [-0.4, -0.2) is 45.4 Å². The quantitative estimate of drug-likeness (QED) is 0.378. The minimum atomic E-state index is -1.10. The van der Waals surface area contributed by atoms with Gasteiger partial charge in [-0.3, -0.25) is 10.1 Å². The highest BCUT2D eigenvalue weighted by atomic mass is 16.6. The third kappa shape index (κ3) is 4.13. The summed E-state index contributed by atoms with van der Waals surface area (Å²) in [5.41, 5.74) is 0.560. The van der Waals surface area contributed by atoms with Gasteiger partial charge < -0.3 is 29.6 Å². The van der Waals surface area contributed by atoms with E-state index in [0.29, 0.717) is 11.3 Å². The number of carbonyl (C=O) groups excluding carboxylic acids is 2. The number of nitrogens with one attached hydrogen (secondary N) is 2. The zero-order chi connectivity index (χ0) is 23.4. The smallest absolute Gasteiger partial charge is 0.338 e. The van der Waals surface area contributed by atoms with Crippen molar-refractivity contribution in [2.75, 3.05) is 28.4 Å². The number of benzene rings is 2. The summed E-state index contributed by atoms with van der Waals surface area (Å²) in [6, 6.07) is 7.45. The van der Waals surface area contributed by atoms with Crippen LogP contribution in [0.1, 0.15) is 17.2 Å². The van der Waals surface area contributed by atoms with E-state index in [-0.39, 0.29) is 34.0 Å². The van der Waals surface area contributed by atoms with E-state index in [1.54, 1.807) is 24.3 Å². The van der Waals surface area contributed by atoms with Crippen LogP contribution in [0.2, 0.25) is 0 Å². The number of nitro benzene ring substituents is 1. The lowest BCUT2D eigenvalue weighted by Crippen LogP contribution is -2.45. The Hall–Kier alpha value is -4.28. The van der Waals surface area contributed by atoms with Gasteiger partial charge in [0.25, 0.3) is 0 Å². The molecular formula is C21H21N3O8. The van der Waals surface area contributed by atoms with E-state index in [2.05, 4.69) is 10.6 Å². The van der Waals surface area contributed by atoms with Crippen LogP contribution in [0.3, 0.4) is 0 Å². The first-order chi connectivity index (χ1) is 15.3. The largest absolute Gasteiger partial charge is 0.497 e. The van der Waals surface area contributed by atoms with Crippen molar-refractivity contribution >= 4 is 23.4 Å². The predicted octanol–water partition coefficient (Wildman–Crippen LogP) is 2.56. The lowest BCUT2D eigenvalue weighted by molar-refractivity contribution is -0.385. The standard InChI is InChI=1S/C21H21N3O8/c1-29-12-7-5-11(6-8-12)18-17(20(25)32-4)19(23-21(26)22-18)13-9-14(24(27)28)16(31-3)10-15(13)30-2/h5-10,19H,1-4H3,(H2,22,23,26). The van der Waals surface area contributed by atoms with Crippen molar-refractivity contribution in [1.82, 2.24) is 10.6 Å². The Morgan fingerprint density at radius 2 is 1.66 bits per heavy atom. The molecule has 1 heterocycles. The molecule has 0 aromatic heterocycles. The third-order valence-corrected chi connectivity index (χ3v) is 4.89. The maximum atomic E-state index is 12.8. The van der Waals surface area contributed by atoms with Crippen LogP contribution in [0.4, 0.5) is 10.5 Å². The molecule has 2 N–H and O–H groups in total. The number of urea groups is 1. The van der Waals surface area contributed by atoms with E-state index in [9.17, 15) is 19.7 Å². The summed E-state index contributed by atoms with van der Waals surface area (Å²) in [6.45, 7) is 0. The number of nitrogens with zero attached hydrogens (tertiary/aromatic N) is 1. The number of methoxy groups -OCH3 is 4. The van der Waals surface area contributed by atoms with Gasteiger partial charge in [0.1, 0.15) is 11.5 Å². The fourth-order valence-electron chi connectivity index (χ4n) is 3.39. The summed E-state index contributed by atoms with van der Waals surface area (Å²) in [5.74, 6) is -0.0166. The summed E-state index contributed by atoms with van der Waals surface area (Å²) in [7, 11) is 5.36. The van der Waals surface area contributed by atoms with Gasteiger partial charge in [-0.2, -0.15) is 0 Å². The molecule has 0 aliphatic carbocycles. The van der Waals surface area contributed by atoms with Crippen molar-refractivity contribution in [3.05, 3.63) is 63.2 Å². The molecule has 0 fully saturated rings. The van der Waals surface area contributed by atoms with Crippen molar-refractivity contribution in [1.29, 1.82) is 0 Å². The third-order valence-electron chi connectivity index (χ3n) is 4.89. The molecule has 11 nitrogen and oxygen atoms in total. The van der Waals surface area contributed by atoms with Crippen molar-refractivity contribution < 1.29 is 33.5 Å². The molecule has 0 radical (unpaired) electrons. The number of rotatable bonds is 7. The number of hydrogen-bond donors (Lipinski definition) is 2. The van der Waals surface area contributed by atoms with Crippen LogP contribution in [0.25, 0.3) is 5.70 Å². The second kappa shape index (κ2) is 9.25. The topological polar surface area (TPSA) is 138 Å². The van der Waals surface area contributed by atoms with E-state index < -0.39 is 23.0 Å². The molecule has 1 aliphatic heterocycles. The number of ether oxygens (including phenoxy) is 4. The van der Waals surface area contributed by atoms with Crippen molar-refractivity contribution in [3.63, 3.8) is 0 Å². The van der Waals surface area contributed by atoms with Gasteiger partial charge in [0.05, 0.1) is 50.7 Å². The second-order valence-corrected chi connectivity index (χ2v) is 6.56. The summed E-state index contributed by atoms with van der Waals surface area (Å²) in [6.07, 6.45) is 0. The van der Waals surface area contributed by atoms with Gasteiger partial charge in [-0.25, -0.2) is 9.59 Å². The summed E-state index contributed by atoms with van der Waals surface area (Å²) >= 11 is 0. The fourth-order valence-corrected chi connectivity index (χ4v) is 3.39. The predicted molar refractivity (Wildman–Crippen MR) is 113 cm³/mol. The molecule has 2 amide bonds. The summed E-state index contributed by atoms with van der Waals surface area (Å²) < 4.78 is 20.6. The van der Waals surface area contributed by atoms with Crippen LogP contribution >= 0.6 is 0 Å². The Morgan fingerprint density at radius 1 is 1.00 bits per heavy atom. The van der Waals surface area contributed by atoms with E-state index in [1.165, 1.54) is 40.6 Å². The van der Waals surface area contributed by atoms with Gasteiger partial charge in [-0.05, 0) is 29.8 Å². The first-order valence-corrected chi connectivity index (χ1v) is 9.29. The second-order valence-electron chi connectivity index (χ2n) is 6.56. The molecule has 2 aromatic rings. The Bertz CT molecular complexity index is 1090. The zero-order valence-electron chi connectivity index (χ0n) is 17.8. The van der Waals surface area contributed by atoms with Gasteiger partial charge in [-0.15, -0.1) is 0 Å². The van der Waals surface area contributed by atoms with Gasteiger partial charge in [-0.1, -0.05) is 0 Å². The molecule has 11 heteroatoms. The average Bonchev–Trinajstić information content (AvgIpc) is 2.81. The molecule has 0 bridgehead atoms. The first-order valence-electron chi connectivity index (χ1n) is 9.29. The number of esters is 1. The number of amides is 2. The summed E-state index contributed by atoms with van der Waals surface area (Å²) in [5, 5.41) is 16.8. The molecular weight excluding hydrogens is 422 g/mol. The maximum absolute atomic E-state index is 12.8. The first kappa shape index (κ1) is 22.4. The average molecular weight is 443 g/mol. The molecule has 168 valence electrons. The van der Waals surface area contributed by atoms with Crippen molar-refractivity contribution in [3.8, 4) is 17.2 Å². The SMILES string of the molecule is COC(=O)C1=C(c2ccc(OC)cc2)NC(=O)NC1c1cc([N+](=O)[O-])c(OC)cc1OC. The minimum absolute atomic E-state index is 0.0326. The molecule has 0 saturated heterocycles. The van der Waals surface area contributed by atoms with Gasteiger partial charge in [0, 0.05) is 17.7 Å². The van der Waals surface area contributed by atoms with Gasteiger partial charge in [0.2, 0.25) is 5.75 Å². The Balaban J connectivity index is 2.28. The van der Waals surface area contributed by atoms with E-state index in [0.717, 1.165) is 0 Å². The molecule has 1 atom stereocenters. The van der Waals surface area contributed by atoms with Crippen LogP contribution < -0.4 is 24.8 Å². The molecule has 0 saturated carbocycles. The fraction of sp³-hybridized carbons (Fsp3) is 0.238. The van der Waals surface area contributed by atoms with E-state index >= 15 is 0 Å². The molecule has 3 rings (SSSR count). The molecule has 32 heavy (non-hydrogen) atoms. The van der Waals surface area contributed by atoms with Crippen LogP contribution in [-0.2, 0) is 9.53 Å². The molecule has 2 aromatic carbocycles. The highest BCUT2D eigenvalue weighted by Crippen LogP contribution is 2.41. The molecule has 1 unspecified atom stereocenters. The lowest BCUT2D eigenvalue weighted by atomic mass is 9.91. The van der Waals surface area contributed by atoms with Crippen LogP contribution in [0, 0.1) is 10.1 Å². The van der Waals surface area contributed by atoms with Gasteiger partial charge >= 0.3 is 17.7 Å². The van der Waals surface area contributed by atoms with Crippen molar-refractivity contribution in [2.24, 2.45) is 0 Å². The van der Waals surface area contributed by atoms with Gasteiger partial charge in [0.15, 0.2) is 0 Å². The minimum Gasteiger partial charge on any atom is -0.497 e. The number of hydrogen-bond acceptors (Lipinski definition) is 8. The lowest BCUT2D eigenvalue weighted by Gasteiger charge is -2.30. The molecule has 0 spiro atoms. The van der Waals surface area contributed by atoms with E-state index in [4.69, 9.17) is 18.9 Å². The zero-order valence-corrected chi connectivity index (χ0v) is 17.8.